The standard InChI is InChI=1S/C8H18N2/c1-5-10(8(2)3)7-6-9-4/h9H,2,5-7H2,1,3-4H3. The maximum absolute atomic E-state index is 3.88. The summed E-state index contributed by atoms with van der Waals surface area (Å²) in [5.74, 6) is 0. The number of allylic oxidation sites excluding steroid dienone is 1. The van der Waals surface area contributed by atoms with Gasteiger partial charge in [-0.05, 0) is 20.9 Å². The summed E-state index contributed by atoms with van der Waals surface area (Å²) in [7, 11) is 1.96. The second-order valence-corrected chi connectivity index (χ2v) is 2.42. The van der Waals surface area contributed by atoms with E-state index < -0.39 is 0 Å². The molecule has 0 saturated carbocycles. The molecule has 0 radical (unpaired) electrons. The highest BCUT2D eigenvalue weighted by Gasteiger charge is 1.97. The molecule has 0 aliphatic heterocycles. The van der Waals surface area contributed by atoms with Gasteiger partial charge in [0.1, 0.15) is 0 Å². The molecule has 0 rings (SSSR count). The van der Waals surface area contributed by atoms with E-state index >= 15 is 0 Å². The SMILES string of the molecule is C=C(C)N(CC)CCNC. The average Bonchev–Trinajstić information content (AvgIpc) is 1.89. The quantitative estimate of drug-likeness (QED) is 0.617. The lowest BCUT2D eigenvalue weighted by atomic mass is 10.4. The molecule has 0 aromatic carbocycles. The van der Waals surface area contributed by atoms with Crippen molar-refractivity contribution in [3.63, 3.8) is 0 Å². The monoisotopic (exact) mass is 142 g/mol. The van der Waals surface area contributed by atoms with E-state index in [-0.39, 0.29) is 0 Å². The predicted octanol–water partition coefficient (Wildman–Crippen LogP) is 1.06. The lowest BCUT2D eigenvalue weighted by Gasteiger charge is -2.22. The summed E-state index contributed by atoms with van der Waals surface area (Å²) in [5, 5.41) is 3.10. The van der Waals surface area contributed by atoms with Crippen LogP contribution in [0, 0.1) is 0 Å². The Morgan fingerprint density at radius 2 is 2.20 bits per heavy atom. The number of nitrogens with zero attached hydrogens (tertiary/aromatic N) is 1. The third-order valence-electron chi connectivity index (χ3n) is 1.55. The molecule has 2 nitrogen and oxygen atoms in total. The van der Waals surface area contributed by atoms with Crippen molar-refractivity contribution in [2.45, 2.75) is 13.8 Å². The lowest BCUT2D eigenvalue weighted by Crippen LogP contribution is -2.28. The van der Waals surface area contributed by atoms with Gasteiger partial charge in [0.15, 0.2) is 0 Å². The molecule has 0 aromatic heterocycles. The molecule has 0 aromatic rings. The summed E-state index contributed by atoms with van der Waals surface area (Å²) >= 11 is 0. The van der Waals surface area contributed by atoms with Crippen LogP contribution in [0.4, 0.5) is 0 Å². The first-order chi connectivity index (χ1) is 4.72. The first-order valence-electron chi connectivity index (χ1n) is 3.77. The Hall–Kier alpha value is -0.500. The van der Waals surface area contributed by atoms with Crippen molar-refractivity contribution in [1.82, 2.24) is 10.2 Å². The molecule has 10 heavy (non-hydrogen) atoms. The smallest absolute Gasteiger partial charge is 0.0299 e. The summed E-state index contributed by atoms with van der Waals surface area (Å²) in [5.41, 5.74) is 1.15. The minimum atomic E-state index is 1.03. The van der Waals surface area contributed by atoms with E-state index in [1.807, 2.05) is 14.0 Å². The molecule has 0 atom stereocenters. The molecule has 0 saturated heterocycles. The molecule has 0 amide bonds. The van der Waals surface area contributed by atoms with Crippen LogP contribution < -0.4 is 5.32 Å². The number of likely N-dealkylation sites (N-methyl/N-ethyl adjacent to an activating group) is 2. The summed E-state index contributed by atoms with van der Waals surface area (Å²) < 4.78 is 0. The lowest BCUT2D eigenvalue weighted by molar-refractivity contribution is 0.365. The Bertz CT molecular complexity index is 99.4. The molecule has 0 aliphatic carbocycles. The van der Waals surface area contributed by atoms with Crippen LogP contribution in [0.3, 0.4) is 0 Å². The Kier molecular flexibility index (Phi) is 5.03. The van der Waals surface area contributed by atoms with Crippen molar-refractivity contribution in [1.29, 1.82) is 0 Å². The van der Waals surface area contributed by atoms with Crippen molar-refractivity contribution in [2.24, 2.45) is 0 Å². The molecule has 0 aliphatic rings. The molecular weight excluding hydrogens is 124 g/mol. The first kappa shape index (κ1) is 9.50. The Labute approximate surface area is 63.9 Å². The number of hydrogen-bond acceptors (Lipinski definition) is 2. The van der Waals surface area contributed by atoms with Crippen LogP contribution in [0.1, 0.15) is 13.8 Å². The van der Waals surface area contributed by atoms with Gasteiger partial charge < -0.3 is 10.2 Å². The third-order valence-corrected chi connectivity index (χ3v) is 1.55. The maximum atomic E-state index is 3.88. The van der Waals surface area contributed by atoms with Gasteiger partial charge >= 0.3 is 0 Å². The third kappa shape index (κ3) is 3.51. The largest absolute Gasteiger partial charge is 0.375 e. The van der Waals surface area contributed by atoms with Crippen LogP contribution >= 0.6 is 0 Å². The van der Waals surface area contributed by atoms with Gasteiger partial charge in [0.25, 0.3) is 0 Å². The van der Waals surface area contributed by atoms with Gasteiger partial charge in [0.2, 0.25) is 0 Å². The van der Waals surface area contributed by atoms with Gasteiger partial charge in [-0.25, -0.2) is 0 Å². The Morgan fingerprint density at radius 3 is 2.50 bits per heavy atom. The summed E-state index contributed by atoms with van der Waals surface area (Å²) in [6.07, 6.45) is 0. The van der Waals surface area contributed by atoms with Crippen molar-refractivity contribution >= 4 is 0 Å². The van der Waals surface area contributed by atoms with E-state index in [1.54, 1.807) is 0 Å². The van der Waals surface area contributed by atoms with Gasteiger partial charge in [-0.2, -0.15) is 0 Å². The number of nitrogens with one attached hydrogen (secondary N) is 1. The highest BCUT2D eigenvalue weighted by molar-refractivity contribution is 4.87. The van der Waals surface area contributed by atoms with Gasteiger partial charge in [-0.1, -0.05) is 6.58 Å². The van der Waals surface area contributed by atoms with Crippen molar-refractivity contribution < 1.29 is 0 Å². The van der Waals surface area contributed by atoms with Crippen LogP contribution in [-0.2, 0) is 0 Å². The number of hydrogen-bond donors (Lipinski definition) is 1. The average molecular weight is 142 g/mol. The zero-order chi connectivity index (χ0) is 7.98. The summed E-state index contributed by atoms with van der Waals surface area (Å²) in [6, 6.07) is 0. The Morgan fingerprint density at radius 1 is 1.60 bits per heavy atom. The molecule has 2 heteroatoms. The molecule has 0 fully saturated rings. The van der Waals surface area contributed by atoms with Gasteiger partial charge in [-0.15, -0.1) is 0 Å². The molecule has 60 valence electrons. The van der Waals surface area contributed by atoms with Crippen LogP contribution in [0.25, 0.3) is 0 Å². The Balaban J connectivity index is 3.50. The fourth-order valence-electron chi connectivity index (χ4n) is 0.866. The minimum Gasteiger partial charge on any atom is -0.375 e. The zero-order valence-electron chi connectivity index (χ0n) is 7.28. The summed E-state index contributed by atoms with van der Waals surface area (Å²) in [6.45, 7) is 11.2. The van der Waals surface area contributed by atoms with E-state index in [0.717, 1.165) is 25.3 Å². The molecular formula is C8H18N2. The minimum absolute atomic E-state index is 1.03. The normalized spacial score (nSPS) is 9.50. The van der Waals surface area contributed by atoms with Gasteiger partial charge in [-0.3, -0.25) is 0 Å². The zero-order valence-corrected chi connectivity index (χ0v) is 7.28. The highest BCUT2D eigenvalue weighted by atomic mass is 15.1. The molecule has 1 N–H and O–H groups in total. The van der Waals surface area contributed by atoms with E-state index in [9.17, 15) is 0 Å². The van der Waals surface area contributed by atoms with E-state index in [0.29, 0.717) is 0 Å². The van der Waals surface area contributed by atoms with Crippen molar-refractivity contribution in [3.05, 3.63) is 12.3 Å². The van der Waals surface area contributed by atoms with Gasteiger partial charge in [0, 0.05) is 25.3 Å². The maximum Gasteiger partial charge on any atom is 0.0299 e. The van der Waals surface area contributed by atoms with Crippen LogP contribution in [0.2, 0.25) is 0 Å². The van der Waals surface area contributed by atoms with Crippen molar-refractivity contribution in [3.8, 4) is 0 Å². The second-order valence-electron chi connectivity index (χ2n) is 2.42. The molecule has 0 unspecified atom stereocenters. The van der Waals surface area contributed by atoms with Crippen molar-refractivity contribution in [2.75, 3.05) is 26.7 Å². The summed E-state index contributed by atoms with van der Waals surface area (Å²) in [4.78, 5) is 2.25. The first-order valence-corrected chi connectivity index (χ1v) is 3.77. The van der Waals surface area contributed by atoms with Crippen LogP contribution in [0.15, 0.2) is 12.3 Å². The molecule has 0 spiro atoms. The van der Waals surface area contributed by atoms with E-state index in [4.69, 9.17) is 0 Å². The molecule has 0 heterocycles. The fourth-order valence-corrected chi connectivity index (χ4v) is 0.866. The van der Waals surface area contributed by atoms with Crippen LogP contribution in [0.5, 0.6) is 0 Å². The van der Waals surface area contributed by atoms with Crippen LogP contribution in [-0.4, -0.2) is 31.6 Å². The topological polar surface area (TPSA) is 15.3 Å². The highest BCUT2D eigenvalue weighted by Crippen LogP contribution is 1.96. The fraction of sp³-hybridized carbons (Fsp3) is 0.750. The second kappa shape index (κ2) is 5.30. The molecule has 0 bridgehead atoms. The number of rotatable bonds is 5. The predicted molar refractivity (Wildman–Crippen MR) is 46.0 cm³/mol. The van der Waals surface area contributed by atoms with Gasteiger partial charge in [0.05, 0.1) is 0 Å². The van der Waals surface area contributed by atoms with E-state index in [2.05, 4.69) is 23.7 Å². The van der Waals surface area contributed by atoms with E-state index in [1.165, 1.54) is 0 Å².